The molecule has 0 spiro atoms. The first-order chi connectivity index (χ1) is 12.1. The van der Waals surface area contributed by atoms with Crippen molar-refractivity contribution in [1.82, 2.24) is 0 Å². The molecule has 1 amide bonds. The second-order valence-electron chi connectivity index (χ2n) is 5.19. The van der Waals surface area contributed by atoms with Crippen LogP contribution in [0, 0.1) is 15.9 Å². The van der Waals surface area contributed by atoms with Gasteiger partial charge in [0.05, 0.1) is 9.82 Å². The first-order valence-corrected chi connectivity index (χ1v) is 8.67. The average Bonchev–Trinajstić information content (AvgIpc) is 2.54. The second kappa shape index (κ2) is 7.45. The Bertz CT molecular complexity index is 946. The van der Waals surface area contributed by atoms with E-state index in [1.165, 1.54) is 31.2 Å². The van der Waals surface area contributed by atoms with Crippen LogP contribution in [-0.4, -0.2) is 25.4 Å². The number of anilines is 1. The fourth-order valence-electron chi connectivity index (χ4n) is 1.95. The Labute approximate surface area is 147 Å². The summed E-state index contributed by atoms with van der Waals surface area (Å²) in [6.07, 6.45) is -1.19. The summed E-state index contributed by atoms with van der Waals surface area (Å²) < 4.78 is 40.8. The first-order valence-electron chi connectivity index (χ1n) is 7.12. The summed E-state index contributed by atoms with van der Waals surface area (Å²) in [5.74, 6) is -1.81. The highest BCUT2D eigenvalue weighted by molar-refractivity contribution is 7.89. The molecule has 3 N–H and O–H groups in total. The number of ether oxygens (including phenoxy) is 1. The van der Waals surface area contributed by atoms with Crippen LogP contribution in [0.1, 0.15) is 6.92 Å². The first kappa shape index (κ1) is 19.3. The van der Waals surface area contributed by atoms with Gasteiger partial charge in [0.1, 0.15) is 5.82 Å². The van der Waals surface area contributed by atoms with Crippen LogP contribution >= 0.6 is 0 Å². The molecule has 1 atom stereocenters. The number of nitro groups is 1. The Kier molecular flexibility index (Phi) is 5.53. The maximum atomic E-state index is 13.3. The summed E-state index contributed by atoms with van der Waals surface area (Å²) in [4.78, 5) is 22.2. The third kappa shape index (κ3) is 4.74. The highest BCUT2D eigenvalue weighted by Crippen LogP contribution is 2.28. The van der Waals surface area contributed by atoms with Crippen molar-refractivity contribution < 1.29 is 27.3 Å². The molecule has 0 heterocycles. The van der Waals surface area contributed by atoms with Crippen molar-refractivity contribution in [2.24, 2.45) is 5.14 Å². The molecule has 0 bridgehead atoms. The van der Waals surface area contributed by atoms with E-state index in [-0.39, 0.29) is 16.3 Å². The lowest BCUT2D eigenvalue weighted by atomic mass is 10.2. The van der Waals surface area contributed by atoms with Gasteiger partial charge in [-0.2, -0.15) is 0 Å². The van der Waals surface area contributed by atoms with Gasteiger partial charge in [0.2, 0.25) is 15.8 Å². The summed E-state index contributed by atoms with van der Waals surface area (Å²) in [5, 5.41) is 18.3. The van der Waals surface area contributed by atoms with Gasteiger partial charge in [-0.25, -0.2) is 17.9 Å². The molecule has 0 saturated carbocycles. The van der Waals surface area contributed by atoms with E-state index in [0.29, 0.717) is 0 Å². The number of nitrogens with zero attached hydrogens (tertiary/aromatic N) is 1. The number of rotatable bonds is 6. The number of nitrogens with one attached hydrogen (secondary N) is 1. The molecule has 0 aliphatic rings. The zero-order valence-corrected chi connectivity index (χ0v) is 14.2. The SMILES string of the molecule is CC(Oc1cc(F)ccc1[N+](=O)[O-])C(=O)Nc1ccc(S(N)(=O)=O)cc1. The lowest BCUT2D eigenvalue weighted by molar-refractivity contribution is -0.386. The quantitative estimate of drug-likeness (QED) is 0.575. The zero-order chi connectivity index (χ0) is 19.5. The molecular formula is C15H14FN3O6S. The Morgan fingerprint density at radius 3 is 2.42 bits per heavy atom. The summed E-state index contributed by atoms with van der Waals surface area (Å²) in [6, 6.07) is 7.68. The Morgan fingerprint density at radius 2 is 1.88 bits per heavy atom. The molecular weight excluding hydrogens is 369 g/mol. The molecule has 2 rings (SSSR count). The minimum atomic E-state index is -3.86. The fraction of sp³-hybridized carbons (Fsp3) is 0.133. The minimum Gasteiger partial charge on any atom is -0.474 e. The van der Waals surface area contributed by atoms with Gasteiger partial charge in [0.15, 0.2) is 6.10 Å². The lowest BCUT2D eigenvalue weighted by Gasteiger charge is -2.15. The van der Waals surface area contributed by atoms with E-state index in [0.717, 1.165) is 18.2 Å². The summed E-state index contributed by atoms with van der Waals surface area (Å²) in [6.45, 7) is 1.32. The Hall–Kier alpha value is -3.05. The molecule has 0 aromatic heterocycles. The molecule has 138 valence electrons. The maximum absolute atomic E-state index is 13.3. The largest absolute Gasteiger partial charge is 0.474 e. The molecule has 0 fully saturated rings. The molecule has 0 saturated heterocycles. The zero-order valence-electron chi connectivity index (χ0n) is 13.4. The van der Waals surface area contributed by atoms with Gasteiger partial charge in [0.25, 0.3) is 5.91 Å². The van der Waals surface area contributed by atoms with Crippen molar-refractivity contribution in [2.75, 3.05) is 5.32 Å². The number of halogens is 1. The number of hydrogen-bond acceptors (Lipinski definition) is 6. The number of primary sulfonamides is 1. The minimum absolute atomic E-state index is 0.129. The highest BCUT2D eigenvalue weighted by Gasteiger charge is 2.22. The van der Waals surface area contributed by atoms with Crippen LogP contribution in [-0.2, 0) is 14.8 Å². The van der Waals surface area contributed by atoms with Crippen LogP contribution in [0.25, 0.3) is 0 Å². The average molecular weight is 383 g/mol. The van der Waals surface area contributed by atoms with Crippen molar-refractivity contribution in [1.29, 1.82) is 0 Å². The van der Waals surface area contributed by atoms with E-state index in [1.807, 2.05) is 0 Å². The molecule has 11 heteroatoms. The van der Waals surface area contributed by atoms with E-state index >= 15 is 0 Å². The number of amides is 1. The van der Waals surface area contributed by atoms with E-state index in [9.17, 15) is 27.7 Å². The molecule has 2 aromatic rings. The predicted octanol–water partition coefficient (Wildman–Crippen LogP) is 1.79. The van der Waals surface area contributed by atoms with Gasteiger partial charge in [-0.15, -0.1) is 0 Å². The van der Waals surface area contributed by atoms with Crippen molar-refractivity contribution in [3.8, 4) is 5.75 Å². The normalized spacial score (nSPS) is 12.3. The van der Waals surface area contributed by atoms with E-state index in [4.69, 9.17) is 9.88 Å². The van der Waals surface area contributed by atoms with Crippen molar-refractivity contribution in [3.05, 3.63) is 58.4 Å². The molecule has 0 aliphatic carbocycles. The predicted molar refractivity (Wildman–Crippen MR) is 89.6 cm³/mol. The number of benzene rings is 2. The van der Waals surface area contributed by atoms with Gasteiger partial charge >= 0.3 is 5.69 Å². The number of nitrogens with two attached hydrogens (primary N) is 1. The Balaban J connectivity index is 2.11. The van der Waals surface area contributed by atoms with E-state index < -0.39 is 38.5 Å². The van der Waals surface area contributed by atoms with Crippen LogP contribution < -0.4 is 15.2 Å². The molecule has 0 aliphatic heterocycles. The van der Waals surface area contributed by atoms with Crippen molar-refractivity contribution >= 4 is 27.3 Å². The van der Waals surface area contributed by atoms with Gasteiger partial charge in [-0.05, 0) is 37.3 Å². The number of sulfonamides is 1. The van der Waals surface area contributed by atoms with Gasteiger partial charge in [-0.1, -0.05) is 0 Å². The monoisotopic (exact) mass is 383 g/mol. The molecule has 26 heavy (non-hydrogen) atoms. The topological polar surface area (TPSA) is 142 Å². The molecule has 0 radical (unpaired) electrons. The van der Waals surface area contributed by atoms with Crippen LogP contribution in [0.2, 0.25) is 0 Å². The van der Waals surface area contributed by atoms with Gasteiger partial charge in [-0.3, -0.25) is 14.9 Å². The number of hydrogen-bond donors (Lipinski definition) is 2. The van der Waals surface area contributed by atoms with Crippen LogP contribution in [0.5, 0.6) is 5.75 Å². The fourth-order valence-corrected chi connectivity index (χ4v) is 2.46. The third-order valence-corrected chi connectivity index (χ3v) is 4.17. The van der Waals surface area contributed by atoms with E-state index in [2.05, 4.69) is 5.32 Å². The van der Waals surface area contributed by atoms with Crippen molar-refractivity contribution in [2.45, 2.75) is 17.9 Å². The lowest BCUT2D eigenvalue weighted by Crippen LogP contribution is -2.30. The maximum Gasteiger partial charge on any atom is 0.311 e. The van der Waals surface area contributed by atoms with Gasteiger partial charge in [0, 0.05) is 17.8 Å². The number of carbonyl (C=O) groups is 1. The van der Waals surface area contributed by atoms with Crippen LogP contribution in [0.15, 0.2) is 47.4 Å². The molecule has 9 nitrogen and oxygen atoms in total. The third-order valence-electron chi connectivity index (χ3n) is 3.24. The van der Waals surface area contributed by atoms with Gasteiger partial charge < -0.3 is 10.1 Å². The smallest absolute Gasteiger partial charge is 0.311 e. The van der Waals surface area contributed by atoms with E-state index in [1.54, 1.807) is 0 Å². The van der Waals surface area contributed by atoms with Crippen LogP contribution in [0.4, 0.5) is 15.8 Å². The second-order valence-corrected chi connectivity index (χ2v) is 6.75. The molecule has 2 aromatic carbocycles. The molecule has 1 unspecified atom stereocenters. The summed E-state index contributed by atoms with van der Waals surface area (Å²) in [5.41, 5.74) is -0.227. The number of nitro benzene ring substituents is 1. The standard InChI is InChI=1S/C15H14FN3O6S/c1-9(25-14-8-10(16)2-7-13(14)19(21)22)15(20)18-11-3-5-12(6-4-11)26(17,23)24/h2-9H,1H3,(H,18,20)(H2,17,23,24). The Morgan fingerprint density at radius 1 is 1.27 bits per heavy atom. The summed E-state index contributed by atoms with van der Waals surface area (Å²) >= 11 is 0. The van der Waals surface area contributed by atoms with Crippen LogP contribution in [0.3, 0.4) is 0 Å². The van der Waals surface area contributed by atoms with Crippen molar-refractivity contribution in [3.63, 3.8) is 0 Å². The summed E-state index contributed by atoms with van der Waals surface area (Å²) in [7, 11) is -3.86. The number of carbonyl (C=O) groups excluding carboxylic acids is 1. The highest BCUT2D eigenvalue weighted by atomic mass is 32.2.